The van der Waals surface area contributed by atoms with Gasteiger partial charge in [0.15, 0.2) is 5.69 Å². The predicted molar refractivity (Wildman–Crippen MR) is 86.2 cm³/mol. The van der Waals surface area contributed by atoms with Crippen LogP contribution in [0.1, 0.15) is 53.0 Å². The predicted octanol–water partition coefficient (Wildman–Crippen LogP) is 2.73. The van der Waals surface area contributed by atoms with Gasteiger partial charge in [-0.05, 0) is 31.9 Å². The van der Waals surface area contributed by atoms with Crippen LogP contribution in [0.25, 0.3) is 0 Å². The molecule has 1 aliphatic carbocycles. The molecule has 2 aromatic rings. The first kappa shape index (κ1) is 14.5. The lowest BCUT2D eigenvalue weighted by Gasteiger charge is -2.25. The minimum atomic E-state index is -0.137. The van der Waals surface area contributed by atoms with Crippen LogP contribution in [-0.4, -0.2) is 35.6 Å². The maximum absolute atomic E-state index is 12.5. The summed E-state index contributed by atoms with van der Waals surface area (Å²) in [7, 11) is 2.10. The van der Waals surface area contributed by atoms with Crippen LogP contribution in [0.3, 0.4) is 0 Å². The first-order valence-corrected chi connectivity index (χ1v) is 8.25. The van der Waals surface area contributed by atoms with Crippen molar-refractivity contribution in [2.45, 2.75) is 37.3 Å². The Labute approximate surface area is 135 Å². The molecule has 0 radical (unpaired) electrons. The number of hydrogen-bond donors (Lipinski definition) is 1. The van der Waals surface area contributed by atoms with Gasteiger partial charge >= 0.3 is 0 Å². The van der Waals surface area contributed by atoms with E-state index in [1.54, 1.807) is 6.07 Å². The fourth-order valence-electron chi connectivity index (χ4n) is 3.43. The lowest BCUT2D eigenvalue weighted by Crippen LogP contribution is -2.39. The summed E-state index contributed by atoms with van der Waals surface area (Å²) in [5.74, 6) is 1.18. The normalized spacial score (nSPS) is 24.7. The number of aromatic nitrogens is 1. The standard InChI is InChI=1S/C18H21N3O2/c1-21-10-9-14(17(21)13-5-3-2-4-6-13)19-18(22)15-11-16(23-20-15)12-7-8-12/h2-6,11-12,14,17H,7-10H2,1H3,(H,19,22)/t14-,17-/m0/s1. The smallest absolute Gasteiger partial charge is 0.273 e. The van der Waals surface area contributed by atoms with Crippen LogP contribution in [0, 0.1) is 0 Å². The molecule has 23 heavy (non-hydrogen) atoms. The van der Waals surface area contributed by atoms with E-state index in [9.17, 15) is 4.79 Å². The largest absolute Gasteiger partial charge is 0.360 e. The molecule has 1 aromatic heterocycles. The molecule has 1 saturated heterocycles. The number of carbonyl (C=O) groups excluding carboxylic acids is 1. The topological polar surface area (TPSA) is 58.4 Å². The molecular formula is C18H21N3O2. The lowest BCUT2D eigenvalue weighted by atomic mass is 10.00. The Morgan fingerprint density at radius 3 is 2.78 bits per heavy atom. The van der Waals surface area contributed by atoms with Crippen molar-refractivity contribution in [3.8, 4) is 0 Å². The molecule has 0 bridgehead atoms. The molecule has 1 saturated carbocycles. The summed E-state index contributed by atoms with van der Waals surface area (Å²) in [6.07, 6.45) is 3.22. The van der Waals surface area contributed by atoms with Crippen molar-refractivity contribution >= 4 is 5.91 Å². The van der Waals surface area contributed by atoms with Crippen LogP contribution in [0.15, 0.2) is 40.9 Å². The highest BCUT2D eigenvalue weighted by Gasteiger charge is 2.35. The molecule has 2 atom stereocenters. The molecule has 2 aliphatic rings. The zero-order chi connectivity index (χ0) is 15.8. The van der Waals surface area contributed by atoms with Crippen LogP contribution in [0.5, 0.6) is 0 Å². The van der Waals surface area contributed by atoms with Crippen molar-refractivity contribution in [2.75, 3.05) is 13.6 Å². The van der Waals surface area contributed by atoms with Crippen molar-refractivity contribution in [1.29, 1.82) is 0 Å². The van der Waals surface area contributed by atoms with Gasteiger partial charge in [0.05, 0.1) is 12.1 Å². The minimum absolute atomic E-state index is 0.0935. The van der Waals surface area contributed by atoms with E-state index >= 15 is 0 Å². The molecule has 2 heterocycles. The molecule has 1 amide bonds. The van der Waals surface area contributed by atoms with Crippen molar-refractivity contribution in [2.24, 2.45) is 0 Å². The van der Waals surface area contributed by atoms with Crippen LogP contribution >= 0.6 is 0 Å². The van der Waals surface area contributed by atoms with Gasteiger partial charge in [-0.1, -0.05) is 35.5 Å². The summed E-state index contributed by atoms with van der Waals surface area (Å²) in [5.41, 5.74) is 1.63. The molecule has 5 heteroatoms. The van der Waals surface area contributed by atoms with E-state index in [0.29, 0.717) is 11.6 Å². The van der Waals surface area contributed by atoms with Gasteiger partial charge in [-0.2, -0.15) is 0 Å². The average Bonchev–Trinajstić information content (AvgIpc) is 3.18. The third-order valence-corrected chi connectivity index (χ3v) is 4.85. The zero-order valence-electron chi connectivity index (χ0n) is 13.2. The first-order chi connectivity index (χ1) is 11.2. The van der Waals surface area contributed by atoms with E-state index in [2.05, 4.69) is 34.6 Å². The van der Waals surface area contributed by atoms with Crippen molar-refractivity contribution < 1.29 is 9.32 Å². The molecule has 0 unspecified atom stereocenters. The number of benzene rings is 1. The number of likely N-dealkylation sites (N-methyl/N-ethyl adjacent to an activating group) is 1. The van der Waals surface area contributed by atoms with Gasteiger partial charge in [0, 0.05) is 18.5 Å². The average molecular weight is 311 g/mol. The Balaban J connectivity index is 1.49. The highest BCUT2D eigenvalue weighted by atomic mass is 16.5. The zero-order valence-corrected chi connectivity index (χ0v) is 13.2. The summed E-state index contributed by atoms with van der Waals surface area (Å²) in [6.45, 7) is 0.969. The molecule has 1 aromatic carbocycles. The van der Waals surface area contributed by atoms with E-state index in [-0.39, 0.29) is 18.0 Å². The third kappa shape index (κ3) is 2.88. The number of nitrogens with one attached hydrogen (secondary N) is 1. The van der Waals surface area contributed by atoms with E-state index in [1.165, 1.54) is 5.56 Å². The van der Waals surface area contributed by atoms with E-state index in [0.717, 1.165) is 31.6 Å². The summed E-state index contributed by atoms with van der Waals surface area (Å²) in [5, 5.41) is 7.08. The van der Waals surface area contributed by atoms with Gasteiger partial charge in [-0.3, -0.25) is 9.69 Å². The number of carbonyl (C=O) groups is 1. The summed E-state index contributed by atoms with van der Waals surface area (Å²) in [4.78, 5) is 14.8. The fraction of sp³-hybridized carbons (Fsp3) is 0.444. The van der Waals surface area contributed by atoms with E-state index in [4.69, 9.17) is 4.52 Å². The third-order valence-electron chi connectivity index (χ3n) is 4.85. The Morgan fingerprint density at radius 2 is 2.04 bits per heavy atom. The highest BCUT2D eigenvalue weighted by molar-refractivity contribution is 5.92. The number of amides is 1. The van der Waals surface area contributed by atoms with Crippen molar-refractivity contribution in [3.05, 3.63) is 53.4 Å². The molecule has 4 rings (SSSR count). The monoisotopic (exact) mass is 311 g/mol. The van der Waals surface area contributed by atoms with Gasteiger partial charge < -0.3 is 9.84 Å². The first-order valence-electron chi connectivity index (χ1n) is 8.25. The minimum Gasteiger partial charge on any atom is -0.360 e. The maximum atomic E-state index is 12.5. The van der Waals surface area contributed by atoms with Gasteiger partial charge in [-0.15, -0.1) is 0 Å². The van der Waals surface area contributed by atoms with E-state index < -0.39 is 0 Å². The van der Waals surface area contributed by atoms with Gasteiger partial charge in [-0.25, -0.2) is 0 Å². The van der Waals surface area contributed by atoms with Gasteiger partial charge in [0.25, 0.3) is 5.91 Å². The SMILES string of the molecule is CN1CC[C@H](NC(=O)c2cc(C3CC3)on2)[C@@H]1c1ccccc1. The highest BCUT2D eigenvalue weighted by Crippen LogP contribution is 2.40. The Hall–Kier alpha value is -2.14. The van der Waals surface area contributed by atoms with Gasteiger partial charge in [0.1, 0.15) is 5.76 Å². The van der Waals surface area contributed by atoms with Gasteiger partial charge in [0.2, 0.25) is 0 Å². The summed E-state index contributed by atoms with van der Waals surface area (Å²) >= 11 is 0. The maximum Gasteiger partial charge on any atom is 0.273 e. The lowest BCUT2D eigenvalue weighted by molar-refractivity contribution is 0.0918. The number of rotatable bonds is 4. The molecule has 0 spiro atoms. The molecular weight excluding hydrogens is 290 g/mol. The van der Waals surface area contributed by atoms with Crippen LogP contribution in [-0.2, 0) is 0 Å². The van der Waals surface area contributed by atoms with Crippen molar-refractivity contribution in [3.63, 3.8) is 0 Å². The second-order valence-electron chi connectivity index (χ2n) is 6.59. The summed E-state index contributed by atoms with van der Waals surface area (Å²) in [6, 6.07) is 12.4. The molecule has 120 valence electrons. The fourth-order valence-corrected chi connectivity index (χ4v) is 3.43. The number of nitrogens with zero attached hydrogens (tertiary/aromatic N) is 2. The molecule has 1 N–H and O–H groups in total. The Bertz CT molecular complexity index is 693. The molecule has 1 aliphatic heterocycles. The molecule has 2 fully saturated rings. The van der Waals surface area contributed by atoms with Crippen LogP contribution in [0.2, 0.25) is 0 Å². The van der Waals surface area contributed by atoms with E-state index in [1.807, 2.05) is 18.2 Å². The Kier molecular flexibility index (Phi) is 3.65. The Morgan fingerprint density at radius 1 is 1.26 bits per heavy atom. The molecule has 5 nitrogen and oxygen atoms in total. The number of hydrogen-bond acceptors (Lipinski definition) is 4. The quantitative estimate of drug-likeness (QED) is 0.943. The van der Waals surface area contributed by atoms with Crippen LogP contribution < -0.4 is 5.32 Å². The van der Waals surface area contributed by atoms with Crippen molar-refractivity contribution in [1.82, 2.24) is 15.4 Å². The van der Waals surface area contributed by atoms with Crippen LogP contribution in [0.4, 0.5) is 0 Å². The summed E-state index contributed by atoms with van der Waals surface area (Å²) < 4.78 is 5.29. The number of likely N-dealkylation sites (tertiary alicyclic amines) is 1. The second kappa shape index (κ2) is 5.81. The second-order valence-corrected chi connectivity index (χ2v) is 6.59.